The summed E-state index contributed by atoms with van der Waals surface area (Å²) < 4.78 is 0. The standard InChI is InChI=1S/C20H29N3O/c1-3-15-4-6-23(7-5-15)19-21-12-18(13-22-19)17-10-20(11-17)8-16(9-20)14(2)24/h12-13,15-17H,3-11H2,1-2H3/t16-,17-,20?. The van der Waals surface area contributed by atoms with Gasteiger partial charge in [-0.25, -0.2) is 9.97 Å². The third kappa shape index (κ3) is 2.84. The molecule has 0 amide bonds. The number of nitrogens with zero attached hydrogens (tertiary/aromatic N) is 3. The van der Waals surface area contributed by atoms with E-state index in [2.05, 4.69) is 21.8 Å². The van der Waals surface area contributed by atoms with Crippen molar-refractivity contribution >= 4 is 11.7 Å². The maximum atomic E-state index is 11.4. The molecule has 0 atom stereocenters. The predicted molar refractivity (Wildman–Crippen MR) is 95.1 cm³/mol. The monoisotopic (exact) mass is 327 g/mol. The number of rotatable bonds is 4. The van der Waals surface area contributed by atoms with Crippen LogP contribution in [0.5, 0.6) is 0 Å². The van der Waals surface area contributed by atoms with Gasteiger partial charge in [-0.3, -0.25) is 4.79 Å². The summed E-state index contributed by atoms with van der Waals surface area (Å²) in [6, 6.07) is 0. The molecule has 130 valence electrons. The highest BCUT2D eigenvalue weighted by molar-refractivity contribution is 5.79. The number of piperidine rings is 1. The lowest BCUT2D eigenvalue weighted by Crippen LogP contribution is -2.48. The second-order valence-electron chi connectivity index (χ2n) is 8.48. The van der Waals surface area contributed by atoms with Crippen molar-refractivity contribution in [1.82, 2.24) is 9.97 Å². The normalized spacial score (nSPS) is 33.2. The summed E-state index contributed by atoms with van der Waals surface area (Å²) in [7, 11) is 0. The average molecular weight is 327 g/mol. The third-order valence-electron chi connectivity index (χ3n) is 6.90. The molecule has 1 aromatic heterocycles. The van der Waals surface area contributed by atoms with Crippen molar-refractivity contribution < 1.29 is 4.79 Å². The summed E-state index contributed by atoms with van der Waals surface area (Å²) in [5.41, 5.74) is 1.76. The van der Waals surface area contributed by atoms with Gasteiger partial charge >= 0.3 is 0 Å². The van der Waals surface area contributed by atoms with E-state index in [1.165, 1.54) is 37.7 Å². The first kappa shape index (κ1) is 16.0. The molecule has 1 saturated heterocycles. The predicted octanol–water partition coefficient (Wildman–Crippen LogP) is 3.97. The van der Waals surface area contributed by atoms with Gasteiger partial charge in [-0.15, -0.1) is 0 Å². The Morgan fingerprint density at radius 3 is 2.33 bits per heavy atom. The van der Waals surface area contributed by atoms with E-state index in [4.69, 9.17) is 0 Å². The Bertz CT molecular complexity index is 590. The van der Waals surface area contributed by atoms with Gasteiger partial charge in [-0.2, -0.15) is 0 Å². The number of carbonyl (C=O) groups excluding carboxylic acids is 1. The average Bonchev–Trinajstić information content (AvgIpc) is 2.53. The fraction of sp³-hybridized carbons (Fsp3) is 0.750. The van der Waals surface area contributed by atoms with E-state index in [1.54, 1.807) is 6.92 Å². The third-order valence-corrected chi connectivity index (χ3v) is 6.90. The first-order valence-electron chi connectivity index (χ1n) is 9.66. The summed E-state index contributed by atoms with van der Waals surface area (Å²) >= 11 is 0. The highest BCUT2D eigenvalue weighted by Crippen LogP contribution is 2.64. The lowest BCUT2D eigenvalue weighted by molar-refractivity contribution is -0.133. The molecule has 0 N–H and O–H groups in total. The topological polar surface area (TPSA) is 46.1 Å². The number of carbonyl (C=O) groups is 1. The second-order valence-corrected chi connectivity index (χ2v) is 8.48. The summed E-state index contributed by atoms with van der Waals surface area (Å²) in [5, 5.41) is 0. The zero-order chi connectivity index (χ0) is 16.7. The van der Waals surface area contributed by atoms with Crippen LogP contribution in [0.4, 0.5) is 5.95 Å². The fourth-order valence-corrected chi connectivity index (χ4v) is 5.07. The van der Waals surface area contributed by atoms with Crippen LogP contribution in [0.2, 0.25) is 0 Å². The van der Waals surface area contributed by atoms with Crippen molar-refractivity contribution in [3.8, 4) is 0 Å². The van der Waals surface area contributed by atoms with Gasteiger partial charge in [-0.05, 0) is 68.3 Å². The highest BCUT2D eigenvalue weighted by Gasteiger charge is 2.54. The summed E-state index contributed by atoms with van der Waals surface area (Å²) in [5.74, 6) is 3.12. The van der Waals surface area contributed by atoms with Gasteiger partial charge in [0.25, 0.3) is 0 Å². The van der Waals surface area contributed by atoms with E-state index in [0.717, 1.165) is 37.8 Å². The largest absolute Gasteiger partial charge is 0.341 e. The Balaban J connectivity index is 1.31. The van der Waals surface area contributed by atoms with E-state index in [9.17, 15) is 4.79 Å². The molecule has 24 heavy (non-hydrogen) atoms. The molecule has 3 aliphatic rings. The van der Waals surface area contributed by atoms with Crippen molar-refractivity contribution in [3.63, 3.8) is 0 Å². The van der Waals surface area contributed by atoms with Crippen LogP contribution >= 0.6 is 0 Å². The second kappa shape index (κ2) is 6.12. The number of Topliss-reactive ketones (excluding diaryl/α,β-unsaturated/α-hetero) is 1. The van der Waals surface area contributed by atoms with E-state index in [1.807, 2.05) is 12.4 Å². The van der Waals surface area contributed by atoms with Crippen LogP contribution in [-0.2, 0) is 4.79 Å². The van der Waals surface area contributed by atoms with Crippen LogP contribution in [0.1, 0.15) is 70.3 Å². The van der Waals surface area contributed by atoms with Crippen LogP contribution in [0.25, 0.3) is 0 Å². The Kier molecular flexibility index (Phi) is 4.09. The van der Waals surface area contributed by atoms with Gasteiger partial charge in [0, 0.05) is 31.4 Å². The Morgan fingerprint density at radius 2 is 1.79 bits per heavy atom. The van der Waals surface area contributed by atoms with Crippen LogP contribution in [0, 0.1) is 17.3 Å². The van der Waals surface area contributed by atoms with Crippen molar-refractivity contribution in [2.45, 2.75) is 64.7 Å². The van der Waals surface area contributed by atoms with E-state index >= 15 is 0 Å². The fourth-order valence-electron chi connectivity index (χ4n) is 5.07. The number of ketones is 1. The molecule has 4 heteroatoms. The maximum Gasteiger partial charge on any atom is 0.225 e. The van der Waals surface area contributed by atoms with Crippen LogP contribution in [-0.4, -0.2) is 28.8 Å². The molecular weight excluding hydrogens is 298 g/mol. The maximum absolute atomic E-state index is 11.4. The molecule has 3 fully saturated rings. The minimum absolute atomic E-state index is 0.343. The molecule has 1 aromatic rings. The van der Waals surface area contributed by atoms with Gasteiger partial charge in [0.05, 0.1) is 0 Å². The van der Waals surface area contributed by atoms with Crippen molar-refractivity contribution in [1.29, 1.82) is 0 Å². The van der Waals surface area contributed by atoms with Crippen molar-refractivity contribution in [2.75, 3.05) is 18.0 Å². The molecule has 0 bridgehead atoms. The molecule has 0 aromatic carbocycles. The molecule has 0 radical (unpaired) electrons. The van der Waals surface area contributed by atoms with Gasteiger partial charge in [0.1, 0.15) is 5.78 Å². The molecule has 4 rings (SSSR count). The number of anilines is 1. The Morgan fingerprint density at radius 1 is 1.17 bits per heavy atom. The smallest absolute Gasteiger partial charge is 0.225 e. The van der Waals surface area contributed by atoms with Crippen LogP contribution in [0.3, 0.4) is 0 Å². The lowest BCUT2D eigenvalue weighted by Gasteiger charge is -2.57. The van der Waals surface area contributed by atoms with Crippen LogP contribution < -0.4 is 4.90 Å². The Labute approximate surface area is 145 Å². The molecule has 2 aliphatic carbocycles. The molecule has 2 heterocycles. The van der Waals surface area contributed by atoms with Gasteiger partial charge in [0.15, 0.2) is 0 Å². The minimum Gasteiger partial charge on any atom is -0.341 e. The first-order valence-corrected chi connectivity index (χ1v) is 9.66. The SMILES string of the molecule is CCC1CCN(c2ncc([C@H]3CC4(C[C@H](C(C)=O)C4)C3)cn2)CC1. The van der Waals surface area contributed by atoms with Gasteiger partial charge in [-0.1, -0.05) is 13.3 Å². The van der Waals surface area contributed by atoms with Gasteiger partial charge in [0.2, 0.25) is 5.95 Å². The Hall–Kier alpha value is -1.45. The van der Waals surface area contributed by atoms with Crippen molar-refractivity contribution in [3.05, 3.63) is 18.0 Å². The first-order chi connectivity index (χ1) is 11.6. The quantitative estimate of drug-likeness (QED) is 0.839. The summed E-state index contributed by atoms with van der Waals surface area (Å²) in [4.78, 5) is 23.0. The summed E-state index contributed by atoms with van der Waals surface area (Å²) in [6.45, 7) is 6.22. The highest BCUT2D eigenvalue weighted by atomic mass is 16.1. The number of hydrogen-bond donors (Lipinski definition) is 0. The molecule has 0 unspecified atom stereocenters. The molecular formula is C20H29N3O. The molecule has 1 spiro atoms. The number of hydrogen-bond acceptors (Lipinski definition) is 4. The number of aromatic nitrogens is 2. The van der Waals surface area contributed by atoms with Gasteiger partial charge < -0.3 is 4.90 Å². The minimum atomic E-state index is 0.343. The molecule has 1 aliphatic heterocycles. The zero-order valence-corrected chi connectivity index (χ0v) is 15.0. The van der Waals surface area contributed by atoms with E-state index in [-0.39, 0.29) is 0 Å². The molecule has 4 nitrogen and oxygen atoms in total. The summed E-state index contributed by atoms with van der Waals surface area (Å²) in [6.07, 6.45) is 12.6. The van der Waals surface area contributed by atoms with Crippen molar-refractivity contribution in [2.24, 2.45) is 17.3 Å². The van der Waals surface area contributed by atoms with E-state index in [0.29, 0.717) is 23.0 Å². The van der Waals surface area contributed by atoms with E-state index < -0.39 is 0 Å². The zero-order valence-electron chi connectivity index (χ0n) is 15.0. The molecule has 2 saturated carbocycles. The van der Waals surface area contributed by atoms with Crippen LogP contribution in [0.15, 0.2) is 12.4 Å². The lowest BCUT2D eigenvalue weighted by atomic mass is 9.47.